The number of hydrogen-bond acceptors (Lipinski definition) is 4. The van der Waals surface area contributed by atoms with Crippen LogP contribution in [0.15, 0.2) is 0 Å². The molecule has 1 fully saturated rings. The van der Waals surface area contributed by atoms with Crippen LogP contribution in [0, 0.1) is 5.92 Å². The van der Waals surface area contributed by atoms with E-state index in [-0.39, 0.29) is 31.7 Å². The first-order valence-corrected chi connectivity index (χ1v) is 8.61. The highest BCUT2D eigenvalue weighted by Crippen LogP contribution is 2.18. The zero-order valence-electron chi connectivity index (χ0n) is 15.1. The lowest BCUT2D eigenvalue weighted by Gasteiger charge is -2.34. The second-order valence-corrected chi connectivity index (χ2v) is 6.72. The van der Waals surface area contributed by atoms with Gasteiger partial charge in [-0.2, -0.15) is 13.2 Å². The standard InChI is InChI=1S/C16H28F3N3O3/c1-4-25-15(24)20-13-6-5-7-21(9-13)10-14(23)22(8-12(2)3)11-16(17,18)19/h12-13H,4-11H2,1-3H3,(H,20,24). The Bertz CT molecular complexity index is 444. The Labute approximate surface area is 146 Å². The first-order valence-electron chi connectivity index (χ1n) is 8.61. The van der Waals surface area contributed by atoms with Crippen molar-refractivity contribution in [2.24, 2.45) is 5.92 Å². The molecule has 1 aliphatic heterocycles. The molecule has 25 heavy (non-hydrogen) atoms. The van der Waals surface area contributed by atoms with Gasteiger partial charge in [0.15, 0.2) is 0 Å². The Morgan fingerprint density at radius 3 is 2.60 bits per heavy atom. The van der Waals surface area contributed by atoms with Crippen molar-refractivity contribution in [3.05, 3.63) is 0 Å². The average molecular weight is 367 g/mol. The highest BCUT2D eigenvalue weighted by atomic mass is 19.4. The highest BCUT2D eigenvalue weighted by molar-refractivity contribution is 5.78. The van der Waals surface area contributed by atoms with Crippen LogP contribution < -0.4 is 5.32 Å². The Morgan fingerprint density at radius 2 is 2.04 bits per heavy atom. The van der Waals surface area contributed by atoms with Gasteiger partial charge in [-0.25, -0.2) is 4.79 Å². The van der Waals surface area contributed by atoms with Gasteiger partial charge < -0.3 is 15.0 Å². The molecule has 6 nitrogen and oxygen atoms in total. The number of nitrogens with one attached hydrogen (secondary N) is 1. The number of carbonyl (C=O) groups is 2. The summed E-state index contributed by atoms with van der Waals surface area (Å²) in [5, 5.41) is 2.71. The Morgan fingerprint density at radius 1 is 1.36 bits per heavy atom. The molecule has 1 atom stereocenters. The SMILES string of the molecule is CCOC(=O)NC1CCCN(CC(=O)N(CC(C)C)CC(F)(F)F)C1. The molecule has 1 N–H and O–H groups in total. The summed E-state index contributed by atoms with van der Waals surface area (Å²) < 4.78 is 42.9. The summed E-state index contributed by atoms with van der Waals surface area (Å²) in [6.07, 6.45) is -3.42. The van der Waals surface area contributed by atoms with Gasteiger partial charge in [-0.05, 0) is 32.2 Å². The van der Waals surface area contributed by atoms with Crippen molar-refractivity contribution in [1.82, 2.24) is 15.1 Å². The average Bonchev–Trinajstić information content (AvgIpc) is 2.45. The summed E-state index contributed by atoms with van der Waals surface area (Å²) in [6.45, 7) is 5.31. The summed E-state index contributed by atoms with van der Waals surface area (Å²) in [7, 11) is 0. The van der Waals surface area contributed by atoms with Gasteiger partial charge in [-0.1, -0.05) is 13.8 Å². The number of hydrogen-bond donors (Lipinski definition) is 1. The van der Waals surface area contributed by atoms with Crippen LogP contribution in [-0.4, -0.2) is 73.3 Å². The molecule has 1 saturated heterocycles. The van der Waals surface area contributed by atoms with E-state index in [1.807, 2.05) is 0 Å². The number of likely N-dealkylation sites (tertiary alicyclic amines) is 1. The fourth-order valence-corrected chi connectivity index (χ4v) is 2.86. The minimum atomic E-state index is -4.42. The molecule has 0 aromatic rings. The molecular formula is C16H28F3N3O3. The molecule has 0 aromatic heterocycles. The predicted octanol–water partition coefficient (Wildman–Crippen LogP) is 2.24. The van der Waals surface area contributed by atoms with E-state index in [0.29, 0.717) is 13.1 Å². The Kier molecular flexibility index (Phi) is 8.47. The number of nitrogens with zero attached hydrogens (tertiary/aromatic N) is 2. The molecule has 0 radical (unpaired) electrons. The molecule has 1 aliphatic rings. The van der Waals surface area contributed by atoms with E-state index in [1.165, 1.54) is 0 Å². The third-order valence-corrected chi connectivity index (χ3v) is 3.77. The normalized spacial score (nSPS) is 18.9. The molecule has 1 rings (SSSR count). The molecule has 2 amide bonds. The summed E-state index contributed by atoms with van der Waals surface area (Å²) in [6, 6.07) is -0.165. The molecule has 9 heteroatoms. The van der Waals surface area contributed by atoms with E-state index in [2.05, 4.69) is 5.32 Å². The zero-order chi connectivity index (χ0) is 19.0. The number of piperidine rings is 1. The van der Waals surface area contributed by atoms with Crippen LogP contribution in [0.5, 0.6) is 0 Å². The maximum atomic E-state index is 12.7. The van der Waals surface area contributed by atoms with Crippen LogP contribution in [-0.2, 0) is 9.53 Å². The smallest absolute Gasteiger partial charge is 0.407 e. The van der Waals surface area contributed by atoms with Gasteiger partial charge in [0, 0.05) is 19.1 Å². The number of amides is 2. The van der Waals surface area contributed by atoms with E-state index in [9.17, 15) is 22.8 Å². The van der Waals surface area contributed by atoms with Crippen molar-refractivity contribution in [2.45, 2.75) is 45.8 Å². The summed E-state index contributed by atoms with van der Waals surface area (Å²) in [5.41, 5.74) is 0. The number of halogens is 3. The number of ether oxygens (including phenoxy) is 1. The Balaban J connectivity index is 2.58. The molecule has 1 heterocycles. The van der Waals surface area contributed by atoms with Crippen molar-refractivity contribution in [2.75, 3.05) is 39.3 Å². The minimum Gasteiger partial charge on any atom is -0.450 e. The van der Waals surface area contributed by atoms with Crippen molar-refractivity contribution in [1.29, 1.82) is 0 Å². The van der Waals surface area contributed by atoms with Gasteiger partial charge in [-0.3, -0.25) is 9.69 Å². The number of alkyl halides is 3. The summed E-state index contributed by atoms with van der Waals surface area (Å²) in [4.78, 5) is 26.5. The minimum absolute atomic E-state index is 0.0501. The van der Waals surface area contributed by atoms with Crippen LogP contribution in [0.2, 0.25) is 0 Å². The lowest BCUT2D eigenvalue weighted by atomic mass is 10.1. The second kappa shape index (κ2) is 9.84. The second-order valence-electron chi connectivity index (χ2n) is 6.72. The first kappa shape index (κ1) is 21.5. The zero-order valence-corrected chi connectivity index (χ0v) is 15.1. The van der Waals surface area contributed by atoms with Crippen LogP contribution in [0.4, 0.5) is 18.0 Å². The van der Waals surface area contributed by atoms with Crippen molar-refractivity contribution >= 4 is 12.0 Å². The lowest BCUT2D eigenvalue weighted by molar-refractivity contribution is -0.163. The molecule has 0 aromatic carbocycles. The van der Waals surface area contributed by atoms with Gasteiger partial charge in [-0.15, -0.1) is 0 Å². The van der Waals surface area contributed by atoms with E-state index in [1.54, 1.807) is 25.7 Å². The van der Waals surface area contributed by atoms with Gasteiger partial charge in [0.05, 0.1) is 13.2 Å². The van der Waals surface area contributed by atoms with Crippen molar-refractivity contribution < 1.29 is 27.5 Å². The number of rotatable bonds is 7. The van der Waals surface area contributed by atoms with Gasteiger partial charge in [0.1, 0.15) is 6.54 Å². The van der Waals surface area contributed by atoms with E-state index < -0.39 is 24.7 Å². The maximum absolute atomic E-state index is 12.7. The molecule has 0 spiro atoms. The third-order valence-electron chi connectivity index (χ3n) is 3.77. The van der Waals surface area contributed by atoms with Gasteiger partial charge in [0.2, 0.25) is 5.91 Å². The van der Waals surface area contributed by atoms with Gasteiger partial charge in [0.25, 0.3) is 0 Å². The molecule has 0 aliphatic carbocycles. The molecule has 146 valence electrons. The van der Waals surface area contributed by atoms with E-state index in [4.69, 9.17) is 4.74 Å². The summed E-state index contributed by atoms with van der Waals surface area (Å²) >= 11 is 0. The molecular weight excluding hydrogens is 339 g/mol. The van der Waals surface area contributed by atoms with E-state index in [0.717, 1.165) is 17.7 Å². The monoisotopic (exact) mass is 367 g/mol. The third kappa shape index (κ3) is 8.94. The fraction of sp³-hybridized carbons (Fsp3) is 0.875. The predicted molar refractivity (Wildman–Crippen MR) is 87.1 cm³/mol. The largest absolute Gasteiger partial charge is 0.450 e. The number of carbonyl (C=O) groups excluding carboxylic acids is 2. The quantitative estimate of drug-likeness (QED) is 0.750. The van der Waals surface area contributed by atoms with Crippen LogP contribution in [0.1, 0.15) is 33.6 Å². The van der Waals surface area contributed by atoms with Crippen LogP contribution >= 0.6 is 0 Å². The fourth-order valence-electron chi connectivity index (χ4n) is 2.86. The summed E-state index contributed by atoms with van der Waals surface area (Å²) in [5.74, 6) is -0.589. The topological polar surface area (TPSA) is 61.9 Å². The first-order chi connectivity index (χ1) is 11.6. The van der Waals surface area contributed by atoms with Crippen LogP contribution in [0.3, 0.4) is 0 Å². The number of alkyl carbamates (subject to hydrolysis) is 1. The van der Waals surface area contributed by atoms with Crippen molar-refractivity contribution in [3.8, 4) is 0 Å². The molecule has 0 saturated carbocycles. The van der Waals surface area contributed by atoms with Crippen molar-refractivity contribution in [3.63, 3.8) is 0 Å². The lowest BCUT2D eigenvalue weighted by Crippen LogP contribution is -2.52. The Hall–Kier alpha value is -1.51. The van der Waals surface area contributed by atoms with E-state index >= 15 is 0 Å². The molecule has 0 bridgehead atoms. The van der Waals surface area contributed by atoms with Crippen LogP contribution in [0.25, 0.3) is 0 Å². The molecule has 1 unspecified atom stereocenters. The maximum Gasteiger partial charge on any atom is 0.407 e. The van der Waals surface area contributed by atoms with Gasteiger partial charge >= 0.3 is 12.3 Å². The highest BCUT2D eigenvalue weighted by Gasteiger charge is 2.34.